The summed E-state index contributed by atoms with van der Waals surface area (Å²) in [6.45, 7) is 26.4. The van der Waals surface area contributed by atoms with Crippen LogP contribution < -0.4 is 169 Å². The molecule has 0 unspecified atom stereocenters. The topological polar surface area (TPSA) is 212 Å². The molecule has 3 radical (unpaired) electrons. The number of halogens is 4. The first-order chi connectivity index (χ1) is 34.5. The number of ether oxygens (including phenoxy) is 1. The van der Waals surface area contributed by atoms with Crippen molar-refractivity contribution in [3.8, 4) is 11.5 Å². The number of likely N-dealkylation sites (N-methyl/N-ethyl adjacent to an activating group) is 2. The first-order valence-corrected chi connectivity index (χ1v) is 37.3. The van der Waals surface area contributed by atoms with Gasteiger partial charge in [0.05, 0.1) is 60.1 Å². The van der Waals surface area contributed by atoms with Gasteiger partial charge in [0.1, 0.15) is 24.2 Å². The van der Waals surface area contributed by atoms with Gasteiger partial charge in [-0.1, -0.05) is 48.5 Å². The molecule has 0 fully saturated rings. The van der Waals surface area contributed by atoms with Crippen LogP contribution in [0.25, 0.3) is 54.6 Å². The van der Waals surface area contributed by atoms with Crippen molar-refractivity contribution < 1.29 is 179 Å². The number of pyridine rings is 2. The van der Waals surface area contributed by atoms with E-state index < -0.39 is 5.41 Å². The third-order valence-corrected chi connectivity index (χ3v) is 12.1. The van der Waals surface area contributed by atoms with E-state index in [0.29, 0.717) is 27.3 Å². The Morgan fingerprint density at radius 3 is 1.47 bits per heavy atom. The van der Waals surface area contributed by atoms with Crippen LogP contribution in [0.15, 0.2) is 82.9 Å². The SMILES string of the molecule is CC(C)(C)C(=O)Cl.CCN(CC)CCNc1ccc2ncn3c4ccc(O)cc4c(=O)c1c23.CCN(CC)CCNc1ccc2ncn3c4ccc(OC(=O)C(C)(C)C)cc4c(=O)c1c23.O=CO[O-].[B].[Cs+].[Cs+].[H-].[I][V]([I])[I]. The number of nitrogens with zero attached hydrogens (tertiary/aromatic N) is 6. The molecular weight excluding hydrogens is 1610 g/mol. The number of benzene rings is 4. The van der Waals surface area contributed by atoms with Gasteiger partial charge in [-0.15, -0.1) is 0 Å². The number of carbonyl (C=O) groups excluding carboxylic acids is 3. The number of aromatic hydroxyl groups is 1. The van der Waals surface area contributed by atoms with Crippen molar-refractivity contribution in [1.29, 1.82) is 0 Å². The van der Waals surface area contributed by atoms with Crippen LogP contribution in [0.5, 0.6) is 11.5 Å². The molecule has 8 rings (SSSR count). The van der Waals surface area contributed by atoms with Crippen LogP contribution >= 0.6 is 71.5 Å². The summed E-state index contributed by atoms with van der Waals surface area (Å²) >= 11 is 12.5. The molecule has 25 heteroatoms. The molecule has 8 aromatic rings. The first-order valence-electron chi connectivity index (χ1n) is 23.4. The Labute approximate surface area is 607 Å². The predicted molar refractivity (Wildman–Crippen MR) is 321 cm³/mol. The second-order valence-corrected chi connectivity index (χ2v) is 54.1. The van der Waals surface area contributed by atoms with E-state index in [1.807, 2.05) is 39.1 Å². The summed E-state index contributed by atoms with van der Waals surface area (Å²) in [5.74, 6) is 0.109. The van der Waals surface area contributed by atoms with Gasteiger partial charge in [0.15, 0.2) is 10.9 Å². The maximum absolute atomic E-state index is 13.6. The molecule has 76 heavy (non-hydrogen) atoms. The second-order valence-electron chi connectivity index (χ2n) is 18.4. The van der Waals surface area contributed by atoms with E-state index in [4.69, 9.17) is 26.4 Å². The van der Waals surface area contributed by atoms with Gasteiger partial charge >= 0.3 is 209 Å². The van der Waals surface area contributed by atoms with Crippen LogP contribution in [-0.4, -0.2) is 112 Å². The fourth-order valence-corrected chi connectivity index (χ4v) is 7.52. The molecule has 17 nitrogen and oxygen atoms in total. The number of imidazole rings is 2. The van der Waals surface area contributed by atoms with Crippen molar-refractivity contribution in [2.75, 3.05) is 63.0 Å². The van der Waals surface area contributed by atoms with Crippen molar-refractivity contribution in [3.05, 3.63) is 93.8 Å². The summed E-state index contributed by atoms with van der Waals surface area (Å²) in [7, 11) is 0. The molecule has 0 aliphatic carbocycles. The van der Waals surface area contributed by atoms with Crippen molar-refractivity contribution >= 4 is 164 Å². The Morgan fingerprint density at radius 1 is 0.737 bits per heavy atom. The number of anilines is 2. The molecule has 0 atom stereocenters. The van der Waals surface area contributed by atoms with Crippen LogP contribution in [0.3, 0.4) is 0 Å². The molecule has 399 valence electrons. The number of aromatic nitrogens is 4. The normalized spacial score (nSPS) is 11.1. The van der Waals surface area contributed by atoms with Crippen LogP contribution in [0.1, 0.15) is 70.7 Å². The Bertz CT molecular complexity index is 3260. The van der Waals surface area contributed by atoms with E-state index in [1.165, 1.54) is 6.07 Å². The second kappa shape index (κ2) is 35.4. The van der Waals surface area contributed by atoms with Gasteiger partial charge in [-0.05, 0) is 119 Å². The molecule has 0 saturated carbocycles. The van der Waals surface area contributed by atoms with Gasteiger partial charge in [-0.3, -0.25) is 32.8 Å². The Balaban J connectivity index is 0.00000115. The number of hydrogen-bond acceptors (Lipinski definition) is 15. The van der Waals surface area contributed by atoms with Crippen molar-refractivity contribution in [1.82, 2.24) is 28.6 Å². The number of hydrogen-bond donors (Lipinski definition) is 3. The number of esters is 1. The van der Waals surface area contributed by atoms with Crippen molar-refractivity contribution in [3.63, 3.8) is 0 Å². The van der Waals surface area contributed by atoms with Crippen LogP contribution in [0.4, 0.5) is 11.4 Å². The average Bonchev–Trinajstić information content (AvgIpc) is 3.98. The summed E-state index contributed by atoms with van der Waals surface area (Å²) in [6, 6.07) is 17.8. The zero-order valence-corrected chi connectivity index (χ0v) is 66.3. The number of phenolic OH excluding ortho intramolecular Hbond substituents is 1. The monoisotopic (exact) mass is 1670 g/mol. The van der Waals surface area contributed by atoms with Crippen LogP contribution in [0, 0.1) is 10.8 Å². The summed E-state index contributed by atoms with van der Waals surface area (Å²) in [5.41, 5.74) is 5.09. The summed E-state index contributed by atoms with van der Waals surface area (Å²) in [5, 5.41) is 27.0. The predicted octanol–water partition coefficient (Wildman–Crippen LogP) is 3.67. The van der Waals surface area contributed by atoms with Crippen LogP contribution in [0.2, 0.25) is 0 Å². The molecule has 0 aliphatic rings. The number of fused-ring (bicyclic) bond motifs is 4. The van der Waals surface area contributed by atoms with Gasteiger partial charge in [0.25, 0.3) is 6.47 Å². The Hall–Kier alpha value is 0.283. The molecule has 4 aromatic carbocycles. The third kappa shape index (κ3) is 20.6. The standard InChI is InChI=1S/C25H30N4O3.C20H22N4O2.C5H9ClO.CH2O3.B.2Cs.3HI.V.H/c1-6-28(7-2)13-12-26-18-9-10-19-22-21(18)23(30)17-14-16(32-24(31)25(3,4)5)8-11-20(17)29(22)15-27-19;1-3-23(4-2)10-9-21-15-6-7-16-19-18(15)20(26)14-11-13(25)5-8-17(14)24(19)12-22-16;1-5(2,3)4(6)7;2-1-4-3;;;;;;;;/h8-11,14-15,26H,6-7,12-13H2,1-5H3;5-8,11-12,21,25H,3-4,9-10H2,1-2H3;1-3H3;1,3H;;;;3*1H;;/q;;;;;2*+1;;;;+3;-1/p-4. The van der Waals surface area contributed by atoms with E-state index in [9.17, 15) is 24.3 Å². The van der Waals surface area contributed by atoms with E-state index >= 15 is 0 Å². The molecule has 4 aromatic heterocycles. The van der Waals surface area contributed by atoms with E-state index in [0.717, 1.165) is 96.8 Å². The molecule has 0 bridgehead atoms. The quantitative estimate of drug-likeness (QED) is 0.0163. The first kappa shape index (κ1) is 74.3. The van der Waals surface area contributed by atoms with E-state index in [2.05, 4.69) is 123 Å². The third-order valence-electron chi connectivity index (χ3n) is 11.6. The summed E-state index contributed by atoms with van der Waals surface area (Å²) in [4.78, 5) is 73.9. The zero-order valence-electron chi connectivity index (χ0n) is 46.1. The van der Waals surface area contributed by atoms with Gasteiger partial charge < -0.3 is 41.8 Å². The molecule has 3 N–H and O–H groups in total. The Morgan fingerprint density at radius 2 is 1.12 bits per heavy atom. The van der Waals surface area contributed by atoms with E-state index in [1.54, 1.807) is 78.5 Å². The summed E-state index contributed by atoms with van der Waals surface area (Å²) < 4.78 is 9.41. The molecule has 0 saturated heterocycles. The molecule has 0 amide bonds. The van der Waals surface area contributed by atoms with Gasteiger partial charge in [-0.2, -0.15) is 0 Å². The number of rotatable bonds is 14. The zero-order chi connectivity index (χ0) is 54.4. The fourth-order valence-electron chi connectivity index (χ4n) is 7.52. The minimum atomic E-state index is -0.634. The molecule has 0 aliphatic heterocycles. The average molecular weight is 1680 g/mol. The molecule has 4 heterocycles. The van der Waals surface area contributed by atoms with Crippen molar-refractivity contribution in [2.24, 2.45) is 10.8 Å². The number of carbonyl (C=O) groups is 3. The minimum absolute atomic E-state index is 0. The van der Waals surface area contributed by atoms with Crippen LogP contribution in [-0.2, 0) is 24.2 Å². The van der Waals surface area contributed by atoms with Gasteiger partial charge in [0, 0.05) is 51.4 Å². The molecule has 0 spiro atoms. The van der Waals surface area contributed by atoms with Gasteiger partial charge in [0.2, 0.25) is 5.24 Å². The summed E-state index contributed by atoms with van der Waals surface area (Å²) in [6.07, 6.45) is 3.47. The Kier molecular flexibility index (Phi) is 34.6. The maximum atomic E-state index is 13.6. The van der Waals surface area contributed by atoms with E-state index in [-0.39, 0.29) is 192 Å². The fraction of sp³-hybridized carbons (Fsp3) is 0.392. The number of nitrogens with one attached hydrogen (secondary N) is 2. The molecular formula is C51H63BClCs2I3N8O9V. The van der Waals surface area contributed by atoms with Gasteiger partial charge in [-0.25, -0.2) is 9.97 Å². The van der Waals surface area contributed by atoms with Crippen molar-refractivity contribution in [2.45, 2.75) is 69.2 Å². The number of phenols is 1.